The number of para-hydroxylation sites is 3. The number of Topliss-reactive ketones (excluding diaryl/α,β-unsaturated/α-hetero) is 1. The lowest BCUT2D eigenvalue weighted by molar-refractivity contribution is -0.153. The number of aromatic carboxylic acids is 1. The van der Waals surface area contributed by atoms with E-state index in [2.05, 4.69) is 10.6 Å². The summed E-state index contributed by atoms with van der Waals surface area (Å²) in [6.45, 7) is 24.6. The van der Waals surface area contributed by atoms with Crippen LogP contribution in [0.25, 0.3) is 16.5 Å². The molecule has 0 aliphatic heterocycles. The minimum atomic E-state index is -0.880. The standard InChI is InChI=1S/C20H21NO4.C20H19NO3.C16H17NO.C9H9ClO.C9H10O2/c1-4-25-20(24)17(22)12-15-10-7-9-14(3)18(15)19(23)21-16-11-6-5-8-13(16)2;1-4-24-20(23)17-12-15-10-7-9-14(3)18(15)19(22)21(17)16-11-6-5-8-13(16)2;1-11-7-4-5-10-14(11)17-16(18)15-12(2)8-6-9-13(15)3;2*1-6-4-3-5-7(2)8(6)9(10)11/h5-11H,4,12H2,1-3H3,(H,21,23);5-12H,4H2,1-3H3;4-10H,1-3H3,(H,17,18);3-5H,1-2H3;3-5H,1-2H3,(H,10,11). The largest absolute Gasteiger partial charge is 0.478 e. The highest BCUT2D eigenvalue weighted by atomic mass is 35.5. The molecule has 0 saturated carbocycles. The summed E-state index contributed by atoms with van der Waals surface area (Å²) < 4.78 is 11.4. The van der Waals surface area contributed by atoms with Gasteiger partial charge in [-0.2, -0.15) is 0 Å². The van der Waals surface area contributed by atoms with Gasteiger partial charge in [0, 0.05) is 34.5 Å². The lowest BCUT2D eigenvalue weighted by atomic mass is 9.97. The van der Waals surface area contributed by atoms with Gasteiger partial charge in [-0.25, -0.2) is 14.4 Å². The molecule has 2 amide bonds. The molecule has 89 heavy (non-hydrogen) atoms. The first kappa shape index (κ1) is 69.7. The average molecular weight is 1220 g/mol. The molecule has 1 aromatic heterocycles. The molecule has 0 atom stereocenters. The number of esters is 2. The summed E-state index contributed by atoms with van der Waals surface area (Å²) in [5, 5.41) is 15.6. The highest BCUT2D eigenvalue weighted by Crippen LogP contribution is 2.24. The Bertz CT molecular complexity index is 4020. The molecule has 460 valence electrons. The van der Waals surface area contributed by atoms with Gasteiger partial charge in [0.25, 0.3) is 22.6 Å². The van der Waals surface area contributed by atoms with Crippen LogP contribution >= 0.6 is 11.6 Å². The number of ketones is 1. The Morgan fingerprint density at radius 2 is 0.843 bits per heavy atom. The number of benzene rings is 8. The molecule has 0 aliphatic rings. The van der Waals surface area contributed by atoms with Crippen molar-refractivity contribution in [1.29, 1.82) is 0 Å². The van der Waals surface area contributed by atoms with Crippen molar-refractivity contribution in [3.05, 3.63) is 275 Å². The van der Waals surface area contributed by atoms with Crippen molar-refractivity contribution in [3.8, 4) is 5.69 Å². The van der Waals surface area contributed by atoms with Gasteiger partial charge in [-0.1, -0.05) is 146 Å². The third kappa shape index (κ3) is 18.7. The Hall–Kier alpha value is -10.1. The van der Waals surface area contributed by atoms with E-state index in [0.717, 1.165) is 77.8 Å². The van der Waals surface area contributed by atoms with Crippen LogP contribution in [-0.2, 0) is 25.5 Å². The molecule has 9 aromatic rings. The number of pyridine rings is 1. The summed E-state index contributed by atoms with van der Waals surface area (Å²) in [5.74, 6) is -3.24. The van der Waals surface area contributed by atoms with Gasteiger partial charge < -0.3 is 25.2 Å². The maximum absolute atomic E-state index is 13.2. The van der Waals surface area contributed by atoms with Crippen molar-refractivity contribution in [1.82, 2.24) is 4.57 Å². The normalized spacial score (nSPS) is 10.2. The SMILES string of the molecule is CCOC(=O)C(=O)Cc1cccc(C)c1C(=O)Nc1ccccc1C.CCOC(=O)c1cc2cccc(C)c2c(=O)n1-c1ccccc1C.Cc1cccc(C)c1C(=O)Cl.Cc1cccc(C)c1C(=O)O.Cc1ccccc1NC(=O)c1c(C)cccc1C. The van der Waals surface area contributed by atoms with E-state index in [0.29, 0.717) is 39.0 Å². The van der Waals surface area contributed by atoms with Crippen LogP contribution < -0.4 is 16.2 Å². The predicted molar refractivity (Wildman–Crippen MR) is 355 cm³/mol. The molecule has 1 heterocycles. The number of rotatable bonds is 13. The molecule has 9 rings (SSSR count). The van der Waals surface area contributed by atoms with Crippen LogP contribution in [0.1, 0.15) is 133 Å². The Balaban J connectivity index is 0.000000210. The molecule has 0 saturated heterocycles. The van der Waals surface area contributed by atoms with Crippen LogP contribution in [0.2, 0.25) is 0 Å². The fourth-order valence-corrected chi connectivity index (χ4v) is 10.1. The van der Waals surface area contributed by atoms with Crippen molar-refractivity contribution >= 4 is 74.5 Å². The van der Waals surface area contributed by atoms with E-state index in [1.54, 1.807) is 71.0 Å². The van der Waals surface area contributed by atoms with Gasteiger partial charge >= 0.3 is 17.9 Å². The highest BCUT2D eigenvalue weighted by Gasteiger charge is 2.23. The summed E-state index contributed by atoms with van der Waals surface area (Å²) in [6.07, 6.45) is -0.170. The van der Waals surface area contributed by atoms with Crippen LogP contribution in [0.4, 0.5) is 11.4 Å². The lowest BCUT2D eigenvalue weighted by Crippen LogP contribution is -2.26. The van der Waals surface area contributed by atoms with E-state index in [1.807, 2.05) is 189 Å². The molecule has 14 nitrogen and oxygen atoms in total. The first-order valence-corrected chi connectivity index (χ1v) is 29.2. The Morgan fingerprint density at radius 3 is 1.28 bits per heavy atom. The lowest BCUT2D eigenvalue weighted by Gasteiger charge is -2.16. The Morgan fingerprint density at radius 1 is 0.449 bits per heavy atom. The van der Waals surface area contributed by atoms with E-state index >= 15 is 0 Å². The van der Waals surface area contributed by atoms with E-state index in [9.17, 15) is 38.4 Å². The number of aromatic nitrogens is 1. The van der Waals surface area contributed by atoms with E-state index < -0.39 is 23.7 Å². The number of halogens is 1. The number of anilines is 2. The minimum absolute atomic E-state index is 0.0418. The zero-order chi connectivity index (χ0) is 65.6. The van der Waals surface area contributed by atoms with Gasteiger partial charge in [0.05, 0.1) is 29.9 Å². The number of fused-ring (bicyclic) bond motifs is 1. The Kier molecular flexibility index (Phi) is 26.0. The Labute approximate surface area is 525 Å². The molecule has 0 fully saturated rings. The van der Waals surface area contributed by atoms with Gasteiger partial charge in [-0.15, -0.1) is 0 Å². The van der Waals surface area contributed by atoms with E-state index in [1.165, 1.54) is 4.57 Å². The number of carboxylic acids is 1. The second-order valence-corrected chi connectivity index (χ2v) is 21.4. The van der Waals surface area contributed by atoms with Crippen LogP contribution in [0, 0.1) is 76.2 Å². The number of carboxylic acid groups (broad SMARTS) is 1. The first-order chi connectivity index (χ1) is 42.3. The third-order valence-corrected chi connectivity index (χ3v) is 14.6. The van der Waals surface area contributed by atoms with Gasteiger partial charge in [-0.3, -0.25) is 28.5 Å². The number of carbonyl (C=O) groups excluding carboxylic acids is 6. The average Bonchev–Trinajstić information content (AvgIpc) is 1.41. The zero-order valence-corrected chi connectivity index (χ0v) is 53.4. The van der Waals surface area contributed by atoms with Gasteiger partial charge in [0.15, 0.2) is 0 Å². The summed E-state index contributed by atoms with van der Waals surface area (Å²) in [7, 11) is 0. The maximum Gasteiger partial charge on any atom is 0.374 e. The van der Waals surface area contributed by atoms with Crippen LogP contribution in [-0.4, -0.2) is 63.6 Å². The number of aryl methyl sites for hydroxylation is 11. The van der Waals surface area contributed by atoms with Crippen molar-refractivity contribution in [2.45, 2.75) is 96.4 Å². The zero-order valence-electron chi connectivity index (χ0n) is 52.6. The molecule has 0 aliphatic carbocycles. The number of nitrogens with zero attached hydrogens (tertiary/aromatic N) is 1. The van der Waals surface area contributed by atoms with Crippen LogP contribution in [0.15, 0.2) is 175 Å². The minimum Gasteiger partial charge on any atom is -0.478 e. The monoisotopic (exact) mass is 1220 g/mol. The van der Waals surface area contributed by atoms with Gasteiger partial charge in [0.2, 0.25) is 5.78 Å². The van der Waals surface area contributed by atoms with E-state index in [-0.39, 0.29) is 47.9 Å². The first-order valence-electron chi connectivity index (χ1n) is 28.9. The van der Waals surface area contributed by atoms with Crippen molar-refractivity contribution < 1.29 is 48.1 Å². The number of nitrogens with one attached hydrogen (secondary N) is 2. The molecule has 15 heteroatoms. The topological polar surface area (TPSA) is 204 Å². The number of amides is 2. The molecule has 3 N–H and O–H groups in total. The molecule has 0 unspecified atom stereocenters. The van der Waals surface area contributed by atoms with E-state index in [4.69, 9.17) is 26.2 Å². The number of hydrogen-bond acceptors (Lipinski definition) is 10. The summed E-state index contributed by atoms with van der Waals surface area (Å²) in [6, 6.07) is 52.3. The van der Waals surface area contributed by atoms with Crippen LogP contribution in [0.5, 0.6) is 0 Å². The second-order valence-electron chi connectivity index (χ2n) is 21.1. The molecule has 0 bridgehead atoms. The van der Waals surface area contributed by atoms with Gasteiger partial charge in [-0.05, 0) is 198 Å². The van der Waals surface area contributed by atoms with Crippen molar-refractivity contribution in [2.24, 2.45) is 0 Å². The van der Waals surface area contributed by atoms with Crippen molar-refractivity contribution in [2.75, 3.05) is 23.8 Å². The smallest absolute Gasteiger partial charge is 0.374 e. The number of carbonyl (C=O) groups is 7. The van der Waals surface area contributed by atoms with Gasteiger partial charge in [0.1, 0.15) is 5.69 Å². The molecular weight excluding hydrogens is 1140 g/mol. The predicted octanol–water partition coefficient (Wildman–Crippen LogP) is 15.6. The van der Waals surface area contributed by atoms with Crippen molar-refractivity contribution in [3.63, 3.8) is 0 Å². The fourth-order valence-electron chi connectivity index (χ4n) is 9.85. The molecular formula is C74H76ClN3O11. The number of ether oxygens (including phenoxy) is 2. The molecule has 8 aromatic carbocycles. The molecule has 0 spiro atoms. The molecule has 0 radical (unpaired) electrons. The third-order valence-electron chi connectivity index (χ3n) is 14.4. The fraction of sp³-hybridized carbons (Fsp3) is 0.216. The highest BCUT2D eigenvalue weighted by molar-refractivity contribution is 6.68. The maximum atomic E-state index is 13.2. The number of hydrogen-bond donors (Lipinski definition) is 3. The van der Waals surface area contributed by atoms with Crippen LogP contribution in [0.3, 0.4) is 0 Å². The summed E-state index contributed by atoms with van der Waals surface area (Å²) >= 11 is 5.37. The summed E-state index contributed by atoms with van der Waals surface area (Å²) in [5.41, 5.74) is 15.1. The summed E-state index contributed by atoms with van der Waals surface area (Å²) in [4.78, 5) is 95.7. The second kappa shape index (κ2) is 33.2. The quantitative estimate of drug-likeness (QED) is 0.0563.